The summed E-state index contributed by atoms with van der Waals surface area (Å²) in [6, 6.07) is 9.85. The number of hydrogen-bond donors (Lipinski definition) is 1. The van der Waals surface area contributed by atoms with Crippen molar-refractivity contribution < 1.29 is 10.0 Å². The van der Waals surface area contributed by atoms with Crippen LogP contribution in [0.4, 0.5) is 5.69 Å². The molecular formula is C14H12N2O3. The fourth-order valence-electron chi connectivity index (χ4n) is 1.64. The zero-order chi connectivity index (χ0) is 13.8. The summed E-state index contributed by atoms with van der Waals surface area (Å²) in [6.07, 6.45) is 3.53. The molecule has 0 aliphatic carbocycles. The van der Waals surface area contributed by atoms with Gasteiger partial charge in [-0.05, 0) is 42.8 Å². The Hall–Kier alpha value is -2.69. The van der Waals surface area contributed by atoms with E-state index in [2.05, 4.69) is 4.98 Å². The Morgan fingerprint density at radius 2 is 2.05 bits per heavy atom. The summed E-state index contributed by atoms with van der Waals surface area (Å²) in [7, 11) is 0. The molecule has 2 aromatic rings. The minimum absolute atomic E-state index is 0.300. The Bertz CT molecular complexity index is 651. The predicted octanol–water partition coefficient (Wildman–Crippen LogP) is 3.17. The standard InChI is InChI=1S/C14H12N2O3/c1-10-3-2-4-12(15-10)7-5-11-6-8-13(16(18)19)14(17)9-11/h2-9,17H,1H3/b7-5+. The van der Waals surface area contributed by atoms with Gasteiger partial charge in [-0.1, -0.05) is 12.1 Å². The summed E-state index contributed by atoms with van der Waals surface area (Å²) in [6.45, 7) is 1.90. The van der Waals surface area contributed by atoms with Gasteiger partial charge in [0.15, 0.2) is 5.75 Å². The van der Waals surface area contributed by atoms with Gasteiger partial charge in [0.05, 0.1) is 10.6 Å². The first-order chi connectivity index (χ1) is 9.06. The number of nitro groups is 1. The number of hydrogen-bond acceptors (Lipinski definition) is 4. The molecule has 0 radical (unpaired) electrons. The van der Waals surface area contributed by atoms with Gasteiger partial charge < -0.3 is 5.11 Å². The lowest BCUT2D eigenvalue weighted by molar-refractivity contribution is -0.385. The average Bonchev–Trinajstić information content (AvgIpc) is 2.36. The summed E-state index contributed by atoms with van der Waals surface area (Å²) >= 11 is 0. The average molecular weight is 256 g/mol. The van der Waals surface area contributed by atoms with E-state index in [1.807, 2.05) is 25.1 Å². The van der Waals surface area contributed by atoms with E-state index in [9.17, 15) is 15.2 Å². The maximum absolute atomic E-state index is 10.6. The number of aromatic hydroxyl groups is 1. The van der Waals surface area contributed by atoms with E-state index in [-0.39, 0.29) is 11.4 Å². The highest BCUT2D eigenvalue weighted by atomic mass is 16.6. The molecule has 19 heavy (non-hydrogen) atoms. The number of pyridine rings is 1. The van der Waals surface area contributed by atoms with E-state index in [1.165, 1.54) is 12.1 Å². The molecule has 0 bridgehead atoms. The highest BCUT2D eigenvalue weighted by Crippen LogP contribution is 2.26. The third kappa shape index (κ3) is 3.16. The monoisotopic (exact) mass is 256 g/mol. The molecule has 0 aliphatic heterocycles. The third-order valence-corrected chi connectivity index (χ3v) is 2.55. The minimum Gasteiger partial charge on any atom is -0.502 e. The molecule has 0 unspecified atom stereocenters. The van der Waals surface area contributed by atoms with Crippen molar-refractivity contribution >= 4 is 17.8 Å². The number of aromatic nitrogens is 1. The Balaban J connectivity index is 2.24. The highest BCUT2D eigenvalue weighted by molar-refractivity contribution is 5.70. The van der Waals surface area contributed by atoms with Gasteiger partial charge in [0.2, 0.25) is 0 Å². The number of rotatable bonds is 3. The summed E-state index contributed by atoms with van der Waals surface area (Å²) < 4.78 is 0. The van der Waals surface area contributed by atoms with E-state index in [0.29, 0.717) is 5.56 Å². The van der Waals surface area contributed by atoms with Crippen LogP contribution in [0.25, 0.3) is 12.2 Å². The molecule has 5 nitrogen and oxygen atoms in total. The van der Waals surface area contributed by atoms with Gasteiger partial charge >= 0.3 is 5.69 Å². The number of nitrogens with zero attached hydrogens (tertiary/aromatic N) is 2. The molecule has 0 spiro atoms. The molecule has 0 atom stereocenters. The SMILES string of the molecule is Cc1cccc(/C=C/c2ccc([N+](=O)[O-])c(O)c2)n1. The second kappa shape index (κ2) is 5.30. The topological polar surface area (TPSA) is 76.3 Å². The summed E-state index contributed by atoms with van der Waals surface area (Å²) in [5, 5.41) is 20.1. The maximum Gasteiger partial charge on any atom is 0.310 e. The fourth-order valence-corrected chi connectivity index (χ4v) is 1.64. The van der Waals surface area contributed by atoms with Crippen molar-refractivity contribution in [2.75, 3.05) is 0 Å². The fraction of sp³-hybridized carbons (Fsp3) is 0.0714. The lowest BCUT2D eigenvalue weighted by Crippen LogP contribution is -1.88. The Kier molecular flexibility index (Phi) is 3.56. The Labute approximate surface area is 110 Å². The zero-order valence-electron chi connectivity index (χ0n) is 10.3. The van der Waals surface area contributed by atoms with E-state index in [0.717, 1.165) is 11.4 Å². The lowest BCUT2D eigenvalue weighted by atomic mass is 10.1. The molecule has 0 amide bonds. The normalized spacial score (nSPS) is 10.8. The van der Waals surface area contributed by atoms with Crippen LogP contribution in [0.1, 0.15) is 17.0 Å². The minimum atomic E-state index is -0.620. The smallest absolute Gasteiger partial charge is 0.310 e. The maximum atomic E-state index is 10.6. The van der Waals surface area contributed by atoms with E-state index in [1.54, 1.807) is 18.2 Å². The number of phenolic OH excluding ortho intramolecular Hbond substituents is 1. The van der Waals surface area contributed by atoms with Crippen molar-refractivity contribution in [2.24, 2.45) is 0 Å². The van der Waals surface area contributed by atoms with Gasteiger partial charge in [0.25, 0.3) is 0 Å². The van der Waals surface area contributed by atoms with Gasteiger partial charge in [-0.3, -0.25) is 15.1 Å². The number of benzene rings is 1. The summed E-state index contributed by atoms with van der Waals surface area (Å²) in [5.74, 6) is -0.343. The largest absolute Gasteiger partial charge is 0.502 e. The van der Waals surface area contributed by atoms with Crippen LogP contribution >= 0.6 is 0 Å². The van der Waals surface area contributed by atoms with Gasteiger partial charge in [0, 0.05) is 11.8 Å². The van der Waals surface area contributed by atoms with Crippen molar-refractivity contribution in [3.8, 4) is 5.75 Å². The summed E-state index contributed by atoms with van der Waals surface area (Å²) in [4.78, 5) is 14.2. The Morgan fingerprint density at radius 3 is 2.68 bits per heavy atom. The molecule has 0 aliphatic rings. The molecule has 96 valence electrons. The quantitative estimate of drug-likeness (QED) is 0.676. The van der Waals surface area contributed by atoms with Crippen LogP contribution in [0.2, 0.25) is 0 Å². The molecule has 0 fully saturated rings. The van der Waals surface area contributed by atoms with E-state index >= 15 is 0 Å². The molecule has 0 saturated carbocycles. The molecule has 2 rings (SSSR count). The lowest BCUT2D eigenvalue weighted by Gasteiger charge is -1.98. The van der Waals surface area contributed by atoms with Crippen LogP contribution in [0.3, 0.4) is 0 Å². The zero-order valence-corrected chi connectivity index (χ0v) is 10.3. The van der Waals surface area contributed by atoms with Crippen molar-refractivity contribution in [1.82, 2.24) is 4.98 Å². The van der Waals surface area contributed by atoms with Crippen LogP contribution in [0.5, 0.6) is 5.75 Å². The van der Waals surface area contributed by atoms with Crippen LogP contribution < -0.4 is 0 Å². The van der Waals surface area contributed by atoms with Crippen LogP contribution in [0, 0.1) is 17.0 Å². The van der Waals surface area contributed by atoms with Crippen molar-refractivity contribution in [3.05, 3.63) is 63.5 Å². The number of nitro benzene ring substituents is 1. The molecule has 1 aromatic carbocycles. The Morgan fingerprint density at radius 1 is 1.26 bits per heavy atom. The summed E-state index contributed by atoms with van der Waals surface area (Å²) in [5.41, 5.74) is 2.07. The number of phenols is 1. The second-order valence-electron chi connectivity index (χ2n) is 4.04. The second-order valence-corrected chi connectivity index (χ2v) is 4.04. The third-order valence-electron chi connectivity index (χ3n) is 2.55. The molecule has 5 heteroatoms. The van der Waals surface area contributed by atoms with Crippen LogP contribution in [0.15, 0.2) is 36.4 Å². The first-order valence-electron chi connectivity index (χ1n) is 5.65. The van der Waals surface area contributed by atoms with Gasteiger partial charge in [0.1, 0.15) is 0 Å². The van der Waals surface area contributed by atoms with Crippen molar-refractivity contribution in [3.63, 3.8) is 0 Å². The molecular weight excluding hydrogens is 244 g/mol. The molecule has 1 aromatic heterocycles. The van der Waals surface area contributed by atoms with E-state index < -0.39 is 4.92 Å². The van der Waals surface area contributed by atoms with Crippen LogP contribution in [-0.2, 0) is 0 Å². The van der Waals surface area contributed by atoms with Gasteiger partial charge in [-0.25, -0.2) is 0 Å². The number of aryl methyl sites for hydroxylation is 1. The predicted molar refractivity (Wildman–Crippen MR) is 72.7 cm³/mol. The van der Waals surface area contributed by atoms with E-state index in [4.69, 9.17) is 0 Å². The molecule has 0 saturated heterocycles. The molecule has 1 N–H and O–H groups in total. The first-order valence-corrected chi connectivity index (χ1v) is 5.65. The van der Waals surface area contributed by atoms with Gasteiger partial charge in [-0.2, -0.15) is 0 Å². The van der Waals surface area contributed by atoms with Crippen LogP contribution in [-0.4, -0.2) is 15.0 Å². The van der Waals surface area contributed by atoms with Crippen molar-refractivity contribution in [1.29, 1.82) is 0 Å². The highest BCUT2D eigenvalue weighted by Gasteiger charge is 2.11. The first kappa shape index (κ1) is 12.8. The van der Waals surface area contributed by atoms with Crippen molar-refractivity contribution in [2.45, 2.75) is 6.92 Å². The van der Waals surface area contributed by atoms with Gasteiger partial charge in [-0.15, -0.1) is 0 Å². The molecule has 1 heterocycles.